The van der Waals surface area contributed by atoms with Gasteiger partial charge in [-0.3, -0.25) is 4.90 Å². The molecule has 0 spiro atoms. The average molecular weight is 435 g/mol. The maximum atomic E-state index is 6.61. The van der Waals surface area contributed by atoms with Gasteiger partial charge < -0.3 is 15.2 Å². The molecule has 1 aromatic heterocycles. The van der Waals surface area contributed by atoms with Crippen LogP contribution in [0.3, 0.4) is 0 Å². The van der Waals surface area contributed by atoms with Crippen LogP contribution in [-0.4, -0.2) is 37.2 Å². The monoisotopic (exact) mass is 434 g/mol. The van der Waals surface area contributed by atoms with E-state index >= 15 is 0 Å². The minimum absolute atomic E-state index is 0.0280. The number of thiophene rings is 1. The van der Waals surface area contributed by atoms with Gasteiger partial charge in [0.2, 0.25) is 0 Å². The summed E-state index contributed by atoms with van der Waals surface area (Å²) in [6.45, 7) is 3.57. The topological polar surface area (TPSA) is 47.7 Å². The first-order valence-corrected chi connectivity index (χ1v) is 11.8. The molecule has 162 valence electrons. The Morgan fingerprint density at radius 3 is 2.48 bits per heavy atom. The van der Waals surface area contributed by atoms with Crippen LogP contribution in [0.25, 0.3) is 0 Å². The molecule has 1 fully saturated rings. The van der Waals surface area contributed by atoms with Gasteiger partial charge in [0.05, 0.1) is 11.8 Å². The lowest BCUT2D eigenvalue weighted by molar-refractivity contribution is -0.0240. The Morgan fingerprint density at radius 2 is 1.74 bits per heavy atom. The van der Waals surface area contributed by atoms with Gasteiger partial charge in [0.25, 0.3) is 0 Å². The van der Waals surface area contributed by atoms with Gasteiger partial charge in [0, 0.05) is 24.5 Å². The number of piperidine rings is 1. The van der Waals surface area contributed by atoms with Gasteiger partial charge in [-0.15, -0.1) is 11.3 Å². The fraction of sp³-hybridized carbons (Fsp3) is 0.308. The van der Waals surface area contributed by atoms with Crippen LogP contribution in [0.2, 0.25) is 0 Å². The molecule has 0 radical (unpaired) electrons. The number of nitrogens with two attached hydrogens (primary N) is 1. The number of nitrogens with zero attached hydrogens (tertiary/aromatic N) is 1. The molecule has 1 atom stereocenters. The Balaban J connectivity index is 1.22. The zero-order valence-electron chi connectivity index (χ0n) is 17.7. The maximum absolute atomic E-state index is 6.61. The first-order valence-electron chi connectivity index (χ1n) is 10.9. The molecular weight excluding hydrogens is 404 g/mol. The molecule has 2 heterocycles. The number of ether oxygens (including phenoxy) is 2. The Hall–Kier alpha value is -2.60. The van der Waals surface area contributed by atoms with Crippen molar-refractivity contribution in [2.45, 2.75) is 25.0 Å². The summed E-state index contributed by atoms with van der Waals surface area (Å²) in [5.74, 6) is 0.740. The first kappa shape index (κ1) is 21.6. The normalized spacial score (nSPS) is 16.5. The number of hydrogen-bond donors (Lipinski definition) is 1. The minimum Gasteiger partial charge on any atom is -0.487 e. The quantitative estimate of drug-likeness (QED) is 0.355. The van der Waals surface area contributed by atoms with E-state index in [0.717, 1.165) is 38.2 Å². The van der Waals surface area contributed by atoms with Crippen LogP contribution >= 0.6 is 11.3 Å². The molecule has 31 heavy (non-hydrogen) atoms. The maximum Gasteiger partial charge on any atom is 0.142 e. The molecule has 1 aliphatic rings. The highest BCUT2D eigenvalue weighted by Crippen LogP contribution is 2.32. The Bertz CT molecular complexity index is 935. The summed E-state index contributed by atoms with van der Waals surface area (Å²) in [4.78, 5) is 3.74. The van der Waals surface area contributed by atoms with Crippen molar-refractivity contribution in [2.24, 2.45) is 0 Å². The Morgan fingerprint density at radius 1 is 0.968 bits per heavy atom. The van der Waals surface area contributed by atoms with Gasteiger partial charge in [-0.1, -0.05) is 60.7 Å². The molecular formula is C26H30N2O2S. The van der Waals surface area contributed by atoms with E-state index in [-0.39, 0.29) is 12.2 Å². The molecule has 5 heteroatoms. The molecule has 1 aliphatic heterocycles. The molecule has 0 saturated carbocycles. The summed E-state index contributed by atoms with van der Waals surface area (Å²) in [5.41, 5.74) is 7.81. The highest BCUT2D eigenvalue weighted by molar-refractivity contribution is 7.10. The third-order valence-electron chi connectivity index (χ3n) is 5.55. The van der Waals surface area contributed by atoms with Gasteiger partial charge >= 0.3 is 0 Å². The van der Waals surface area contributed by atoms with Crippen molar-refractivity contribution in [3.05, 3.63) is 94.7 Å². The summed E-state index contributed by atoms with van der Waals surface area (Å²) in [7, 11) is 0. The number of para-hydroxylation sites is 2. The van der Waals surface area contributed by atoms with Crippen molar-refractivity contribution in [2.75, 3.05) is 32.0 Å². The molecule has 1 saturated heterocycles. The molecule has 3 aromatic rings. The van der Waals surface area contributed by atoms with Crippen LogP contribution < -0.4 is 10.5 Å². The zero-order chi connectivity index (χ0) is 21.3. The molecule has 2 aromatic carbocycles. The van der Waals surface area contributed by atoms with E-state index in [1.165, 1.54) is 10.4 Å². The molecule has 1 unspecified atom stereocenters. The number of rotatable bonds is 9. The third-order valence-corrected chi connectivity index (χ3v) is 6.47. The molecule has 4 rings (SSSR count). The number of anilines is 1. The van der Waals surface area contributed by atoms with E-state index in [1.54, 1.807) is 11.3 Å². The van der Waals surface area contributed by atoms with Crippen LogP contribution in [0, 0.1) is 0 Å². The third kappa shape index (κ3) is 6.20. The van der Waals surface area contributed by atoms with Crippen molar-refractivity contribution >= 4 is 17.0 Å². The molecule has 0 aliphatic carbocycles. The Labute approximate surface area is 188 Å². The Kier molecular flexibility index (Phi) is 7.77. The number of nitrogen functional groups attached to an aromatic ring is 1. The fourth-order valence-corrected chi connectivity index (χ4v) is 4.63. The summed E-state index contributed by atoms with van der Waals surface area (Å²) in [5, 5.41) is 2.12. The lowest BCUT2D eigenvalue weighted by atomic mass is 10.0. The van der Waals surface area contributed by atoms with Gasteiger partial charge in [-0.2, -0.15) is 0 Å². The lowest BCUT2D eigenvalue weighted by Gasteiger charge is -2.33. The highest BCUT2D eigenvalue weighted by atomic mass is 32.1. The average Bonchev–Trinajstić information content (AvgIpc) is 3.34. The molecule has 0 amide bonds. The van der Waals surface area contributed by atoms with E-state index in [2.05, 4.69) is 64.9 Å². The second kappa shape index (κ2) is 11.1. The predicted molar refractivity (Wildman–Crippen MR) is 129 cm³/mol. The van der Waals surface area contributed by atoms with Gasteiger partial charge in [-0.25, -0.2) is 0 Å². The van der Waals surface area contributed by atoms with Crippen LogP contribution in [0.4, 0.5) is 5.69 Å². The second-order valence-corrected chi connectivity index (χ2v) is 8.74. The SMILES string of the molecule is Nc1ccccc1OC/C=C\CN1CCC(OC(c2ccccc2)c2cccs2)CC1. The summed E-state index contributed by atoms with van der Waals surface area (Å²) in [6.07, 6.45) is 6.67. The van der Waals surface area contributed by atoms with Gasteiger partial charge in [-0.05, 0) is 42.0 Å². The standard InChI is InChI=1S/C26H30N2O2S/c27-23-11-4-5-12-24(23)29-19-7-6-16-28-17-14-22(15-18-28)30-26(25-13-8-20-31-25)21-9-2-1-3-10-21/h1-13,20,22,26H,14-19,27H2/b7-6-. The van der Waals surface area contributed by atoms with Crippen LogP contribution in [0.1, 0.15) is 29.4 Å². The van der Waals surface area contributed by atoms with Crippen LogP contribution in [0.15, 0.2) is 84.3 Å². The van der Waals surface area contributed by atoms with Crippen molar-refractivity contribution in [3.63, 3.8) is 0 Å². The summed E-state index contributed by atoms with van der Waals surface area (Å²) >= 11 is 1.77. The molecule has 2 N–H and O–H groups in total. The van der Waals surface area contributed by atoms with Gasteiger partial charge in [0.15, 0.2) is 0 Å². The highest BCUT2D eigenvalue weighted by Gasteiger charge is 2.24. The number of hydrogen-bond acceptors (Lipinski definition) is 5. The zero-order valence-corrected chi connectivity index (χ0v) is 18.5. The van der Waals surface area contributed by atoms with E-state index in [0.29, 0.717) is 12.3 Å². The first-order chi connectivity index (χ1) is 15.3. The van der Waals surface area contributed by atoms with E-state index in [4.69, 9.17) is 15.2 Å². The fourth-order valence-electron chi connectivity index (χ4n) is 3.84. The smallest absolute Gasteiger partial charge is 0.142 e. The van der Waals surface area contributed by atoms with Crippen molar-refractivity contribution in [1.29, 1.82) is 0 Å². The lowest BCUT2D eigenvalue weighted by Crippen LogP contribution is -2.37. The van der Waals surface area contributed by atoms with Crippen molar-refractivity contribution < 1.29 is 9.47 Å². The summed E-state index contributed by atoms with van der Waals surface area (Å²) in [6, 6.07) is 22.4. The molecule has 4 nitrogen and oxygen atoms in total. The van der Waals surface area contributed by atoms with E-state index in [9.17, 15) is 0 Å². The van der Waals surface area contributed by atoms with Gasteiger partial charge in [0.1, 0.15) is 18.5 Å². The minimum atomic E-state index is 0.0280. The van der Waals surface area contributed by atoms with Crippen LogP contribution in [0.5, 0.6) is 5.75 Å². The van der Waals surface area contributed by atoms with E-state index in [1.807, 2.05) is 24.3 Å². The second-order valence-electron chi connectivity index (χ2n) is 7.76. The van der Waals surface area contributed by atoms with Crippen molar-refractivity contribution in [1.82, 2.24) is 4.90 Å². The number of benzene rings is 2. The van der Waals surface area contributed by atoms with Crippen molar-refractivity contribution in [3.8, 4) is 5.75 Å². The van der Waals surface area contributed by atoms with E-state index < -0.39 is 0 Å². The largest absolute Gasteiger partial charge is 0.487 e. The number of likely N-dealkylation sites (tertiary alicyclic amines) is 1. The molecule has 0 bridgehead atoms. The van der Waals surface area contributed by atoms with Crippen LogP contribution in [-0.2, 0) is 4.74 Å². The predicted octanol–water partition coefficient (Wildman–Crippen LogP) is 5.54. The summed E-state index contributed by atoms with van der Waals surface area (Å²) < 4.78 is 12.3.